The fraction of sp³-hybridized carbons (Fsp3) is 0.933. The molecule has 3 N–H and O–H groups in total. The van der Waals surface area contributed by atoms with Gasteiger partial charge in [0.1, 0.15) is 0 Å². The van der Waals surface area contributed by atoms with E-state index in [4.69, 9.17) is 4.74 Å². The first-order valence-corrected chi connectivity index (χ1v) is 7.87. The summed E-state index contributed by atoms with van der Waals surface area (Å²) in [5.74, 6) is 0.539. The Bertz CT molecular complexity index is 237. The van der Waals surface area contributed by atoms with Crippen molar-refractivity contribution in [1.29, 1.82) is 0 Å². The van der Waals surface area contributed by atoms with Crippen LogP contribution in [-0.2, 0) is 9.53 Å². The third kappa shape index (κ3) is 11.2. The molecule has 0 rings (SSSR count). The van der Waals surface area contributed by atoms with E-state index < -0.39 is 6.10 Å². The number of unbranched alkanes of at least 4 members (excludes halogenated alkanes) is 1. The van der Waals surface area contributed by atoms with E-state index in [0.29, 0.717) is 32.2 Å². The molecule has 20 heavy (non-hydrogen) atoms. The summed E-state index contributed by atoms with van der Waals surface area (Å²) in [6.07, 6.45) is 4.19. The summed E-state index contributed by atoms with van der Waals surface area (Å²) < 4.78 is 5.56. The maximum absolute atomic E-state index is 11.2. The quantitative estimate of drug-likeness (QED) is 0.478. The van der Waals surface area contributed by atoms with Gasteiger partial charge >= 0.3 is 0 Å². The van der Waals surface area contributed by atoms with Gasteiger partial charge in [-0.05, 0) is 19.3 Å². The first-order chi connectivity index (χ1) is 9.63. The van der Waals surface area contributed by atoms with E-state index >= 15 is 0 Å². The van der Waals surface area contributed by atoms with Crippen LogP contribution >= 0.6 is 0 Å². The highest BCUT2D eigenvalue weighted by Crippen LogP contribution is 2.12. The molecule has 0 bridgehead atoms. The van der Waals surface area contributed by atoms with Gasteiger partial charge in [0, 0.05) is 19.7 Å². The Balaban J connectivity index is 3.56. The SMILES string of the molecule is CCCCC(CC)COCC(O)CNCC(=O)NCC. The number of aliphatic hydroxyl groups is 1. The van der Waals surface area contributed by atoms with Crippen molar-refractivity contribution in [3.63, 3.8) is 0 Å². The number of aliphatic hydroxyl groups excluding tert-OH is 1. The van der Waals surface area contributed by atoms with Gasteiger partial charge in [0.05, 0.1) is 19.3 Å². The Hall–Kier alpha value is -0.650. The van der Waals surface area contributed by atoms with Gasteiger partial charge in [-0.25, -0.2) is 0 Å². The lowest BCUT2D eigenvalue weighted by molar-refractivity contribution is -0.120. The largest absolute Gasteiger partial charge is 0.389 e. The molecule has 0 aliphatic carbocycles. The lowest BCUT2D eigenvalue weighted by Gasteiger charge is -2.17. The predicted molar refractivity (Wildman–Crippen MR) is 81.7 cm³/mol. The van der Waals surface area contributed by atoms with Crippen LogP contribution in [0.15, 0.2) is 0 Å². The second-order valence-electron chi connectivity index (χ2n) is 5.19. The highest BCUT2D eigenvalue weighted by atomic mass is 16.5. The normalized spacial score (nSPS) is 14.0. The Morgan fingerprint density at radius 3 is 2.60 bits per heavy atom. The summed E-state index contributed by atoms with van der Waals surface area (Å²) in [5.41, 5.74) is 0. The van der Waals surface area contributed by atoms with E-state index in [1.165, 1.54) is 19.3 Å². The molecular weight excluding hydrogens is 256 g/mol. The smallest absolute Gasteiger partial charge is 0.233 e. The number of carbonyl (C=O) groups is 1. The first-order valence-electron chi connectivity index (χ1n) is 7.87. The molecule has 0 heterocycles. The van der Waals surface area contributed by atoms with Crippen molar-refractivity contribution in [3.05, 3.63) is 0 Å². The average Bonchev–Trinajstić information content (AvgIpc) is 2.43. The second-order valence-corrected chi connectivity index (χ2v) is 5.19. The maximum atomic E-state index is 11.2. The fourth-order valence-electron chi connectivity index (χ4n) is 1.94. The zero-order valence-electron chi connectivity index (χ0n) is 13.3. The predicted octanol–water partition coefficient (Wildman–Crippen LogP) is 1.31. The minimum absolute atomic E-state index is 0.0498. The van der Waals surface area contributed by atoms with Gasteiger partial charge in [0.2, 0.25) is 5.91 Å². The molecule has 0 radical (unpaired) electrons. The molecule has 0 aromatic carbocycles. The third-order valence-corrected chi connectivity index (χ3v) is 3.25. The number of rotatable bonds is 13. The highest BCUT2D eigenvalue weighted by Gasteiger charge is 2.09. The number of nitrogens with one attached hydrogen (secondary N) is 2. The van der Waals surface area contributed by atoms with Gasteiger partial charge in [0.25, 0.3) is 0 Å². The molecule has 0 fully saturated rings. The Morgan fingerprint density at radius 2 is 2.00 bits per heavy atom. The Kier molecular flexibility index (Phi) is 12.9. The first kappa shape index (κ1) is 19.4. The van der Waals surface area contributed by atoms with Crippen LogP contribution in [0, 0.1) is 5.92 Å². The van der Waals surface area contributed by atoms with Gasteiger partial charge < -0.3 is 20.5 Å². The molecule has 0 saturated carbocycles. The summed E-state index contributed by atoms with van der Waals surface area (Å²) in [6.45, 7) is 8.52. The average molecular weight is 288 g/mol. The van der Waals surface area contributed by atoms with Crippen molar-refractivity contribution >= 4 is 5.91 Å². The number of ether oxygens (including phenoxy) is 1. The molecule has 0 aliphatic heterocycles. The van der Waals surface area contributed by atoms with Crippen LogP contribution in [0.1, 0.15) is 46.5 Å². The Labute approximate surface area is 123 Å². The molecule has 5 nitrogen and oxygen atoms in total. The van der Waals surface area contributed by atoms with Crippen LogP contribution in [0.4, 0.5) is 0 Å². The monoisotopic (exact) mass is 288 g/mol. The molecule has 0 spiro atoms. The van der Waals surface area contributed by atoms with Crippen molar-refractivity contribution in [2.45, 2.75) is 52.6 Å². The maximum Gasteiger partial charge on any atom is 0.233 e. The van der Waals surface area contributed by atoms with E-state index in [2.05, 4.69) is 24.5 Å². The van der Waals surface area contributed by atoms with E-state index in [1.54, 1.807) is 0 Å². The molecule has 120 valence electrons. The number of carbonyl (C=O) groups excluding carboxylic acids is 1. The molecule has 5 heteroatoms. The summed E-state index contributed by atoms with van der Waals surface area (Å²) in [6, 6.07) is 0. The number of hydrogen-bond donors (Lipinski definition) is 3. The van der Waals surface area contributed by atoms with E-state index in [-0.39, 0.29) is 12.5 Å². The topological polar surface area (TPSA) is 70.6 Å². The van der Waals surface area contributed by atoms with Gasteiger partial charge in [0.15, 0.2) is 0 Å². The second kappa shape index (κ2) is 13.3. The number of hydrogen-bond acceptors (Lipinski definition) is 4. The van der Waals surface area contributed by atoms with Crippen LogP contribution < -0.4 is 10.6 Å². The molecule has 2 unspecified atom stereocenters. The van der Waals surface area contributed by atoms with Crippen molar-refractivity contribution in [1.82, 2.24) is 10.6 Å². The van der Waals surface area contributed by atoms with Crippen LogP contribution in [-0.4, -0.2) is 50.0 Å². The van der Waals surface area contributed by atoms with Crippen LogP contribution in [0.25, 0.3) is 0 Å². The Morgan fingerprint density at radius 1 is 1.25 bits per heavy atom. The molecule has 0 saturated heterocycles. The van der Waals surface area contributed by atoms with Gasteiger partial charge in [-0.2, -0.15) is 0 Å². The molecule has 2 atom stereocenters. The van der Waals surface area contributed by atoms with E-state index in [1.807, 2.05) is 6.92 Å². The fourth-order valence-corrected chi connectivity index (χ4v) is 1.94. The zero-order chi connectivity index (χ0) is 15.2. The summed E-state index contributed by atoms with van der Waals surface area (Å²) >= 11 is 0. The van der Waals surface area contributed by atoms with Crippen molar-refractivity contribution in [2.24, 2.45) is 5.92 Å². The van der Waals surface area contributed by atoms with Gasteiger partial charge in [-0.3, -0.25) is 4.79 Å². The molecule has 0 aromatic rings. The third-order valence-electron chi connectivity index (χ3n) is 3.25. The van der Waals surface area contributed by atoms with Crippen molar-refractivity contribution in [2.75, 3.05) is 32.8 Å². The van der Waals surface area contributed by atoms with Crippen molar-refractivity contribution in [3.8, 4) is 0 Å². The molecule has 0 aliphatic rings. The lowest BCUT2D eigenvalue weighted by Crippen LogP contribution is -2.38. The van der Waals surface area contributed by atoms with E-state index in [9.17, 15) is 9.90 Å². The minimum atomic E-state index is -0.562. The molecule has 1 amide bonds. The summed E-state index contributed by atoms with van der Waals surface area (Å²) in [7, 11) is 0. The van der Waals surface area contributed by atoms with Crippen molar-refractivity contribution < 1.29 is 14.6 Å². The molecule has 0 aromatic heterocycles. The van der Waals surface area contributed by atoms with Crippen LogP contribution in [0.2, 0.25) is 0 Å². The van der Waals surface area contributed by atoms with Crippen LogP contribution in [0.5, 0.6) is 0 Å². The minimum Gasteiger partial charge on any atom is -0.389 e. The summed E-state index contributed by atoms with van der Waals surface area (Å²) in [5, 5.41) is 15.3. The lowest BCUT2D eigenvalue weighted by atomic mass is 10.0. The highest BCUT2D eigenvalue weighted by molar-refractivity contribution is 5.77. The van der Waals surface area contributed by atoms with Crippen LogP contribution in [0.3, 0.4) is 0 Å². The zero-order valence-corrected chi connectivity index (χ0v) is 13.3. The van der Waals surface area contributed by atoms with E-state index in [0.717, 1.165) is 6.42 Å². The molecular formula is C15H32N2O3. The number of amides is 1. The number of likely N-dealkylation sites (N-methyl/N-ethyl adjacent to an activating group) is 1. The standard InChI is InChI=1S/C15H32N2O3/c1-4-7-8-13(5-2)11-20-12-14(18)9-16-10-15(19)17-6-3/h13-14,16,18H,4-12H2,1-3H3,(H,17,19). The summed E-state index contributed by atoms with van der Waals surface area (Å²) in [4.78, 5) is 11.2. The van der Waals surface area contributed by atoms with Gasteiger partial charge in [-0.1, -0.05) is 33.1 Å². The van der Waals surface area contributed by atoms with Gasteiger partial charge in [-0.15, -0.1) is 0 Å².